The lowest BCUT2D eigenvalue weighted by Crippen LogP contribution is -2.18. The molecule has 0 spiro atoms. The van der Waals surface area contributed by atoms with Gasteiger partial charge in [0.05, 0.1) is 16.2 Å². The number of rotatable bonds is 5. The van der Waals surface area contributed by atoms with E-state index in [1.807, 2.05) is 0 Å². The summed E-state index contributed by atoms with van der Waals surface area (Å²) in [6, 6.07) is 9.52. The quantitative estimate of drug-likeness (QED) is 0.521. The van der Waals surface area contributed by atoms with E-state index < -0.39 is 4.92 Å². The molecule has 2 aromatic rings. The number of nitro benzene ring substituents is 1. The van der Waals surface area contributed by atoms with Gasteiger partial charge in [0, 0.05) is 24.5 Å². The average Bonchev–Trinajstić information content (AvgIpc) is 2.58. The fourth-order valence-electron chi connectivity index (χ4n) is 1.70. The van der Waals surface area contributed by atoms with Crippen molar-refractivity contribution in [3.8, 4) is 0 Å². The standard InChI is InChI=1S/C16H14N4O3/c1-12(18-19-16(21)14-5-3-9-17-11-14)7-8-13-4-2-6-15(10-13)20(22)23/h2-11H,1H3,(H,19,21)/b8-7+,18-12+. The molecule has 1 amide bonds. The second-order valence-corrected chi connectivity index (χ2v) is 4.62. The molecule has 1 aromatic heterocycles. The van der Waals surface area contributed by atoms with Crippen LogP contribution < -0.4 is 5.43 Å². The Labute approximate surface area is 132 Å². The molecule has 0 bridgehead atoms. The zero-order valence-corrected chi connectivity index (χ0v) is 12.3. The van der Waals surface area contributed by atoms with E-state index in [2.05, 4.69) is 15.5 Å². The van der Waals surface area contributed by atoms with Crippen LogP contribution in [0.5, 0.6) is 0 Å². The molecule has 0 fully saturated rings. The van der Waals surface area contributed by atoms with Gasteiger partial charge in [-0.3, -0.25) is 19.9 Å². The van der Waals surface area contributed by atoms with E-state index in [1.54, 1.807) is 49.5 Å². The highest BCUT2D eigenvalue weighted by molar-refractivity contribution is 5.99. The van der Waals surface area contributed by atoms with Gasteiger partial charge in [0.15, 0.2) is 0 Å². The predicted octanol–water partition coefficient (Wildman–Crippen LogP) is 2.81. The number of allylic oxidation sites excluding steroid dienone is 1. The van der Waals surface area contributed by atoms with Gasteiger partial charge in [0.1, 0.15) is 0 Å². The first-order valence-electron chi connectivity index (χ1n) is 6.73. The van der Waals surface area contributed by atoms with E-state index in [1.165, 1.54) is 18.3 Å². The van der Waals surface area contributed by atoms with Crippen LogP contribution in [0.15, 0.2) is 60.0 Å². The van der Waals surface area contributed by atoms with Crippen LogP contribution in [0.3, 0.4) is 0 Å². The number of hydrazone groups is 1. The zero-order chi connectivity index (χ0) is 16.7. The first-order valence-corrected chi connectivity index (χ1v) is 6.73. The van der Waals surface area contributed by atoms with Gasteiger partial charge in [-0.25, -0.2) is 5.43 Å². The lowest BCUT2D eigenvalue weighted by atomic mass is 10.2. The maximum absolute atomic E-state index is 11.8. The molecule has 23 heavy (non-hydrogen) atoms. The largest absolute Gasteiger partial charge is 0.272 e. The molecule has 1 heterocycles. The summed E-state index contributed by atoms with van der Waals surface area (Å²) < 4.78 is 0. The number of pyridine rings is 1. The molecule has 0 saturated heterocycles. The normalized spacial score (nSPS) is 11.4. The highest BCUT2D eigenvalue weighted by Crippen LogP contribution is 2.14. The molecule has 0 unspecified atom stereocenters. The van der Waals surface area contributed by atoms with Gasteiger partial charge in [-0.15, -0.1) is 0 Å². The highest BCUT2D eigenvalue weighted by Gasteiger charge is 2.04. The number of nitrogens with one attached hydrogen (secondary N) is 1. The Morgan fingerprint density at radius 3 is 2.87 bits per heavy atom. The Morgan fingerprint density at radius 2 is 2.17 bits per heavy atom. The van der Waals surface area contributed by atoms with Crippen molar-refractivity contribution in [2.24, 2.45) is 5.10 Å². The van der Waals surface area contributed by atoms with E-state index in [9.17, 15) is 14.9 Å². The lowest BCUT2D eigenvalue weighted by molar-refractivity contribution is -0.384. The van der Waals surface area contributed by atoms with Crippen molar-refractivity contribution in [3.05, 3.63) is 76.1 Å². The van der Waals surface area contributed by atoms with E-state index in [-0.39, 0.29) is 11.6 Å². The second kappa shape index (κ2) is 7.60. The van der Waals surface area contributed by atoms with Crippen LogP contribution in [0.25, 0.3) is 6.08 Å². The number of carbonyl (C=O) groups is 1. The molecule has 2 rings (SSSR count). The van der Waals surface area contributed by atoms with Crippen molar-refractivity contribution >= 4 is 23.4 Å². The molecule has 1 N–H and O–H groups in total. The molecule has 0 radical (unpaired) electrons. The van der Waals surface area contributed by atoms with Crippen molar-refractivity contribution in [1.82, 2.24) is 10.4 Å². The number of benzene rings is 1. The summed E-state index contributed by atoms with van der Waals surface area (Å²) in [6.07, 6.45) is 6.36. The number of aromatic nitrogens is 1. The molecule has 1 aromatic carbocycles. The van der Waals surface area contributed by atoms with Gasteiger partial charge < -0.3 is 0 Å². The van der Waals surface area contributed by atoms with E-state index in [0.717, 1.165) is 0 Å². The summed E-state index contributed by atoms with van der Waals surface area (Å²) >= 11 is 0. The van der Waals surface area contributed by atoms with Crippen LogP contribution >= 0.6 is 0 Å². The van der Waals surface area contributed by atoms with Crippen LogP contribution in [0.1, 0.15) is 22.8 Å². The zero-order valence-electron chi connectivity index (χ0n) is 12.3. The van der Waals surface area contributed by atoms with E-state index in [0.29, 0.717) is 16.8 Å². The number of nitrogens with zero attached hydrogens (tertiary/aromatic N) is 3. The van der Waals surface area contributed by atoms with Gasteiger partial charge >= 0.3 is 0 Å². The molecule has 0 aliphatic heterocycles. The van der Waals surface area contributed by atoms with Crippen LogP contribution in [0.4, 0.5) is 5.69 Å². The summed E-state index contributed by atoms with van der Waals surface area (Å²) in [6.45, 7) is 1.71. The molecule has 0 aliphatic rings. The molecule has 0 atom stereocenters. The van der Waals surface area contributed by atoms with E-state index >= 15 is 0 Å². The number of nitro groups is 1. The van der Waals surface area contributed by atoms with Crippen LogP contribution in [0.2, 0.25) is 0 Å². The monoisotopic (exact) mass is 310 g/mol. The minimum Gasteiger partial charge on any atom is -0.267 e. The first kappa shape index (κ1) is 16.0. The maximum atomic E-state index is 11.8. The number of hydrogen-bond acceptors (Lipinski definition) is 5. The third kappa shape index (κ3) is 4.85. The Bertz CT molecular complexity index is 770. The van der Waals surface area contributed by atoms with Gasteiger partial charge in [-0.05, 0) is 30.7 Å². The van der Waals surface area contributed by atoms with Gasteiger partial charge in [0.2, 0.25) is 0 Å². The fraction of sp³-hybridized carbons (Fsp3) is 0.0625. The molecular formula is C16H14N4O3. The number of non-ortho nitro benzene ring substituents is 1. The minimum absolute atomic E-state index is 0.0200. The number of carbonyl (C=O) groups excluding carboxylic acids is 1. The molecule has 0 saturated carbocycles. The Hall–Kier alpha value is -3.35. The van der Waals surface area contributed by atoms with Gasteiger partial charge in [0.25, 0.3) is 11.6 Å². The highest BCUT2D eigenvalue weighted by atomic mass is 16.6. The summed E-state index contributed by atoms with van der Waals surface area (Å²) in [5, 5.41) is 14.7. The average molecular weight is 310 g/mol. The summed E-state index contributed by atoms with van der Waals surface area (Å²) in [7, 11) is 0. The first-order chi connectivity index (χ1) is 11.1. The summed E-state index contributed by atoms with van der Waals surface area (Å²) in [5.74, 6) is -0.360. The summed E-state index contributed by atoms with van der Waals surface area (Å²) in [4.78, 5) is 25.9. The van der Waals surface area contributed by atoms with Crippen molar-refractivity contribution in [1.29, 1.82) is 0 Å². The molecule has 116 valence electrons. The predicted molar refractivity (Wildman–Crippen MR) is 86.9 cm³/mol. The SMILES string of the molecule is CC(/C=C/c1cccc([N+](=O)[O-])c1)=N\NC(=O)c1cccnc1. The van der Waals surface area contributed by atoms with Gasteiger partial charge in [-0.2, -0.15) is 5.10 Å². The fourth-order valence-corrected chi connectivity index (χ4v) is 1.70. The van der Waals surface area contributed by atoms with E-state index in [4.69, 9.17) is 0 Å². The molecule has 7 heteroatoms. The molecule has 7 nitrogen and oxygen atoms in total. The van der Waals surface area contributed by atoms with Crippen LogP contribution in [-0.2, 0) is 0 Å². The number of amides is 1. The van der Waals surface area contributed by atoms with Crippen molar-refractivity contribution in [3.63, 3.8) is 0 Å². The Morgan fingerprint density at radius 1 is 1.35 bits per heavy atom. The topological polar surface area (TPSA) is 97.5 Å². The lowest BCUT2D eigenvalue weighted by Gasteiger charge is -1.99. The van der Waals surface area contributed by atoms with Crippen molar-refractivity contribution < 1.29 is 9.72 Å². The molecular weight excluding hydrogens is 296 g/mol. The number of hydrogen-bond donors (Lipinski definition) is 1. The van der Waals surface area contributed by atoms with Crippen molar-refractivity contribution in [2.75, 3.05) is 0 Å². The van der Waals surface area contributed by atoms with Gasteiger partial charge in [-0.1, -0.05) is 18.2 Å². The Balaban J connectivity index is 2.00. The smallest absolute Gasteiger partial charge is 0.267 e. The third-order valence-electron chi connectivity index (χ3n) is 2.86. The summed E-state index contributed by atoms with van der Waals surface area (Å²) in [5.41, 5.74) is 4.07. The van der Waals surface area contributed by atoms with Crippen molar-refractivity contribution in [2.45, 2.75) is 6.92 Å². The second-order valence-electron chi connectivity index (χ2n) is 4.62. The Kier molecular flexibility index (Phi) is 5.30. The minimum atomic E-state index is -0.452. The van der Waals surface area contributed by atoms with Crippen LogP contribution in [-0.4, -0.2) is 21.5 Å². The maximum Gasteiger partial charge on any atom is 0.272 e. The molecule has 0 aliphatic carbocycles. The third-order valence-corrected chi connectivity index (χ3v) is 2.86. The van der Waals surface area contributed by atoms with Crippen LogP contribution in [0, 0.1) is 10.1 Å².